The Balaban J connectivity index is 2.97. The van der Waals surface area contributed by atoms with Crippen molar-refractivity contribution in [2.24, 2.45) is 0 Å². The van der Waals surface area contributed by atoms with Gasteiger partial charge in [0, 0.05) is 23.2 Å². The van der Waals surface area contributed by atoms with Gasteiger partial charge in [-0.1, -0.05) is 11.6 Å². The molecule has 2 rings (SSSR count). The van der Waals surface area contributed by atoms with Gasteiger partial charge in [0.1, 0.15) is 5.82 Å². The molecule has 0 radical (unpaired) electrons. The quantitative estimate of drug-likeness (QED) is 0.628. The SMILES string of the molecule is Cc1cncc2ccc(F)c(Cl)c12. The standard InChI is InChI=1S/C10H7ClFN/c1-6-4-13-5-7-2-3-8(12)10(11)9(6)7/h2-5H,1H3. The number of aromatic nitrogens is 1. The highest BCUT2D eigenvalue weighted by molar-refractivity contribution is 6.35. The van der Waals surface area contributed by atoms with Crippen molar-refractivity contribution in [2.45, 2.75) is 6.92 Å². The summed E-state index contributed by atoms with van der Waals surface area (Å²) in [7, 11) is 0. The van der Waals surface area contributed by atoms with E-state index in [0.29, 0.717) is 0 Å². The molecular formula is C10H7ClFN. The van der Waals surface area contributed by atoms with E-state index in [-0.39, 0.29) is 10.8 Å². The summed E-state index contributed by atoms with van der Waals surface area (Å²) in [4.78, 5) is 4.00. The molecule has 0 atom stereocenters. The largest absolute Gasteiger partial charge is 0.264 e. The second-order valence-electron chi connectivity index (χ2n) is 2.92. The molecule has 0 bridgehead atoms. The molecule has 0 aliphatic rings. The van der Waals surface area contributed by atoms with Crippen molar-refractivity contribution in [2.75, 3.05) is 0 Å². The smallest absolute Gasteiger partial charge is 0.142 e. The number of nitrogens with zero attached hydrogens (tertiary/aromatic N) is 1. The predicted octanol–water partition coefficient (Wildman–Crippen LogP) is 3.34. The van der Waals surface area contributed by atoms with Crippen molar-refractivity contribution in [3.63, 3.8) is 0 Å². The predicted molar refractivity (Wildman–Crippen MR) is 51.4 cm³/mol. The molecule has 0 saturated heterocycles. The van der Waals surface area contributed by atoms with E-state index >= 15 is 0 Å². The molecule has 0 unspecified atom stereocenters. The van der Waals surface area contributed by atoms with Gasteiger partial charge in [-0.2, -0.15) is 0 Å². The van der Waals surface area contributed by atoms with E-state index in [9.17, 15) is 4.39 Å². The average Bonchev–Trinajstić information content (AvgIpc) is 2.12. The summed E-state index contributed by atoms with van der Waals surface area (Å²) in [6.07, 6.45) is 3.35. The maximum Gasteiger partial charge on any atom is 0.142 e. The minimum absolute atomic E-state index is 0.178. The van der Waals surface area contributed by atoms with Crippen molar-refractivity contribution in [1.82, 2.24) is 4.98 Å². The van der Waals surface area contributed by atoms with Gasteiger partial charge in [0.25, 0.3) is 0 Å². The molecule has 1 aromatic heterocycles. The number of hydrogen-bond donors (Lipinski definition) is 0. The Morgan fingerprint density at radius 3 is 2.85 bits per heavy atom. The zero-order valence-corrected chi connectivity index (χ0v) is 7.77. The number of aryl methyl sites for hydroxylation is 1. The third kappa shape index (κ3) is 1.27. The van der Waals surface area contributed by atoms with E-state index in [4.69, 9.17) is 11.6 Å². The molecule has 13 heavy (non-hydrogen) atoms. The summed E-state index contributed by atoms with van der Waals surface area (Å²) < 4.78 is 13.1. The van der Waals surface area contributed by atoms with Crippen LogP contribution in [0.1, 0.15) is 5.56 Å². The molecule has 1 nitrogen and oxygen atoms in total. The first-order chi connectivity index (χ1) is 6.20. The second-order valence-corrected chi connectivity index (χ2v) is 3.29. The summed E-state index contributed by atoms with van der Waals surface area (Å²) in [6, 6.07) is 3.03. The van der Waals surface area contributed by atoms with Crippen LogP contribution in [0.4, 0.5) is 4.39 Å². The third-order valence-corrected chi connectivity index (χ3v) is 2.37. The molecule has 0 N–H and O–H groups in total. The number of pyridine rings is 1. The molecule has 2 aromatic rings. The molecule has 0 fully saturated rings. The van der Waals surface area contributed by atoms with Crippen molar-refractivity contribution in [1.29, 1.82) is 0 Å². The van der Waals surface area contributed by atoms with Crippen LogP contribution in [0, 0.1) is 12.7 Å². The highest BCUT2D eigenvalue weighted by atomic mass is 35.5. The number of rotatable bonds is 0. The minimum Gasteiger partial charge on any atom is -0.264 e. The van der Waals surface area contributed by atoms with Crippen LogP contribution in [-0.2, 0) is 0 Å². The molecule has 0 amide bonds. The zero-order chi connectivity index (χ0) is 9.42. The van der Waals surface area contributed by atoms with Crippen molar-refractivity contribution < 1.29 is 4.39 Å². The highest BCUT2D eigenvalue weighted by Crippen LogP contribution is 2.27. The summed E-state index contributed by atoms with van der Waals surface area (Å²) >= 11 is 5.83. The molecule has 0 aliphatic heterocycles. The Bertz CT molecular complexity index is 468. The maximum atomic E-state index is 13.1. The zero-order valence-electron chi connectivity index (χ0n) is 7.01. The van der Waals surface area contributed by atoms with Crippen LogP contribution >= 0.6 is 11.6 Å². The van der Waals surface area contributed by atoms with Crippen molar-refractivity contribution in [3.8, 4) is 0 Å². The molecule has 3 heteroatoms. The summed E-state index contributed by atoms with van der Waals surface area (Å²) in [5, 5.41) is 1.79. The Kier molecular flexibility index (Phi) is 1.93. The van der Waals surface area contributed by atoms with Crippen LogP contribution in [-0.4, -0.2) is 4.98 Å². The Hall–Kier alpha value is -1.15. The van der Waals surface area contributed by atoms with Gasteiger partial charge in [-0.3, -0.25) is 4.98 Å². The van der Waals surface area contributed by atoms with Crippen LogP contribution in [0.3, 0.4) is 0 Å². The molecule has 1 aromatic carbocycles. The molecule has 0 aliphatic carbocycles. The fourth-order valence-corrected chi connectivity index (χ4v) is 1.69. The molecule has 0 spiro atoms. The fourth-order valence-electron chi connectivity index (χ4n) is 1.37. The second kappa shape index (κ2) is 2.96. The lowest BCUT2D eigenvalue weighted by atomic mass is 10.1. The third-order valence-electron chi connectivity index (χ3n) is 2.00. The van der Waals surface area contributed by atoms with Crippen LogP contribution in [0.25, 0.3) is 10.8 Å². The van der Waals surface area contributed by atoms with E-state index < -0.39 is 0 Å². The minimum atomic E-state index is -0.386. The Labute approximate surface area is 80.2 Å². The van der Waals surface area contributed by atoms with Gasteiger partial charge in [-0.15, -0.1) is 0 Å². The summed E-state index contributed by atoms with van der Waals surface area (Å²) in [5.41, 5.74) is 0.891. The molecular weight excluding hydrogens is 189 g/mol. The van der Waals surface area contributed by atoms with Gasteiger partial charge in [0.05, 0.1) is 5.02 Å². The normalized spacial score (nSPS) is 10.7. The van der Waals surface area contributed by atoms with Crippen molar-refractivity contribution in [3.05, 3.63) is 40.9 Å². The first kappa shape index (κ1) is 8.45. The van der Waals surface area contributed by atoms with Crippen molar-refractivity contribution >= 4 is 22.4 Å². The average molecular weight is 196 g/mol. The van der Waals surface area contributed by atoms with Crippen LogP contribution < -0.4 is 0 Å². The maximum absolute atomic E-state index is 13.1. The highest BCUT2D eigenvalue weighted by Gasteiger charge is 2.06. The topological polar surface area (TPSA) is 12.9 Å². The number of halogens is 2. The van der Waals surface area contributed by atoms with Gasteiger partial charge < -0.3 is 0 Å². The molecule has 1 heterocycles. The lowest BCUT2D eigenvalue weighted by Gasteiger charge is -2.03. The van der Waals surface area contributed by atoms with Gasteiger partial charge >= 0.3 is 0 Å². The lowest BCUT2D eigenvalue weighted by molar-refractivity contribution is 0.630. The van der Waals surface area contributed by atoms with Gasteiger partial charge in [0.2, 0.25) is 0 Å². The van der Waals surface area contributed by atoms with Crippen LogP contribution in [0.2, 0.25) is 5.02 Å². The van der Waals surface area contributed by atoms with E-state index in [1.54, 1.807) is 18.5 Å². The van der Waals surface area contributed by atoms with E-state index in [0.717, 1.165) is 16.3 Å². The lowest BCUT2D eigenvalue weighted by Crippen LogP contribution is -1.85. The number of fused-ring (bicyclic) bond motifs is 1. The van der Waals surface area contributed by atoms with Crippen LogP contribution in [0.15, 0.2) is 24.5 Å². The number of benzene rings is 1. The van der Waals surface area contributed by atoms with E-state index in [1.807, 2.05) is 6.92 Å². The number of hydrogen-bond acceptors (Lipinski definition) is 1. The van der Waals surface area contributed by atoms with Crippen LogP contribution in [0.5, 0.6) is 0 Å². The van der Waals surface area contributed by atoms with Gasteiger partial charge in [-0.25, -0.2) is 4.39 Å². The molecule has 66 valence electrons. The molecule has 0 saturated carbocycles. The van der Waals surface area contributed by atoms with E-state index in [2.05, 4.69) is 4.98 Å². The fraction of sp³-hybridized carbons (Fsp3) is 0.100. The first-order valence-corrected chi connectivity index (χ1v) is 4.26. The first-order valence-electron chi connectivity index (χ1n) is 3.88. The summed E-state index contributed by atoms with van der Waals surface area (Å²) in [6.45, 7) is 1.86. The van der Waals surface area contributed by atoms with Gasteiger partial charge in [-0.05, 0) is 24.6 Å². The monoisotopic (exact) mass is 195 g/mol. The van der Waals surface area contributed by atoms with E-state index in [1.165, 1.54) is 6.07 Å². The summed E-state index contributed by atoms with van der Waals surface area (Å²) in [5.74, 6) is -0.386. The Morgan fingerprint density at radius 2 is 2.08 bits per heavy atom. The van der Waals surface area contributed by atoms with Gasteiger partial charge in [0.15, 0.2) is 0 Å². The Morgan fingerprint density at radius 1 is 1.31 bits per heavy atom.